The molecule has 0 aliphatic heterocycles. The lowest BCUT2D eigenvalue weighted by Crippen LogP contribution is -2.42. The van der Waals surface area contributed by atoms with Gasteiger partial charge in [0.25, 0.3) is 0 Å². The number of halogens is 2. The molecule has 2 bridgehead atoms. The van der Waals surface area contributed by atoms with E-state index >= 15 is 0 Å². The zero-order valence-electron chi connectivity index (χ0n) is 14.7. The summed E-state index contributed by atoms with van der Waals surface area (Å²) in [7, 11) is 0. The maximum Gasteiger partial charge on any atom is 0.229 e. The number of nitrogens with two attached hydrogens (primary N) is 1. The Kier molecular flexibility index (Phi) is 6.66. The molecular formula is C18H25Cl2N5O. The number of aromatic nitrogens is 3. The number of nitrogens with one attached hydrogen (secondary N) is 1. The van der Waals surface area contributed by atoms with Gasteiger partial charge in [-0.15, -0.1) is 35.0 Å². The molecular weight excluding hydrogens is 373 g/mol. The number of carbonyl (C=O) groups excluding carboxylic acids is 1. The Bertz CT molecular complexity index is 764. The van der Waals surface area contributed by atoms with Crippen LogP contribution in [0.2, 0.25) is 0 Å². The van der Waals surface area contributed by atoms with Crippen LogP contribution in [0.5, 0.6) is 0 Å². The third-order valence-corrected chi connectivity index (χ3v) is 5.63. The van der Waals surface area contributed by atoms with E-state index in [1.807, 2.05) is 28.8 Å². The zero-order valence-corrected chi connectivity index (χ0v) is 16.3. The molecule has 2 aromatic rings. The van der Waals surface area contributed by atoms with Gasteiger partial charge in [0, 0.05) is 23.8 Å². The normalized spacial score (nSPS) is 26.1. The van der Waals surface area contributed by atoms with Crippen molar-refractivity contribution in [3.63, 3.8) is 0 Å². The van der Waals surface area contributed by atoms with Gasteiger partial charge in [-0.25, -0.2) is 0 Å². The van der Waals surface area contributed by atoms with Gasteiger partial charge in [-0.2, -0.15) is 0 Å². The number of amides is 1. The second-order valence-corrected chi connectivity index (χ2v) is 6.95. The number of rotatable bonds is 4. The lowest BCUT2D eigenvalue weighted by molar-refractivity contribution is -0.121. The molecule has 0 spiro atoms. The molecule has 1 amide bonds. The minimum Gasteiger partial charge on any atom is -0.327 e. The first-order valence-corrected chi connectivity index (χ1v) is 8.72. The smallest absolute Gasteiger partial charge is 0.229 e. The number of aryl methyl sites for hydroxylation is 1. The molecule has 2 aliphatic rings. The molecule has 4 rings (SSSR count). The van der Waals surface area contributed by atoms with E-state index in [1.165, 1.54) is 6.42 Å². The summed E-state index contributed by atoms with van der Waals surface area (Å²) in [6.45, 7) is 2.86. The van der Waals surface area contributed by atoms with Crippen LogP contribution in [0.25, 0.3) is 11.4 Å². The summed E-state index contributed by atoms with van der Waals surface area (Å²) in [6.07, 6.45) is 5.14. The molecule has 8 heteroatoms. The number of carbonyl (C=O) groups is 1. The fourth-order valence-electron chi connectivity index (χ4n) is 4.40. The number of nitrogens with zero attached hydrogens (tertiary/aromatic N) is 3. The standard InChI is InChI=1S/C18H23N5O.2ClH/c1-2-23-10-20-22-17(23)13-4-3-5-14(9-13)21-18(24)15-11-6-7-12(8-11)16(15)19;;/h3-5,9-12,15-16H,2,6-8,19H2,1H3,(H,21,24);2*1H. The van der Waals surface area contributed by atoms with Gasteiger partial charge in [0.05, 0.1) is 5.92 Å². The van der Waals surface area contributed by atoms with Crippen LogP contribution < -0.4 is 11.1 Å². The van der Waals surface area contributed by atoms with Crippen molar-refractivity contribution in [2.75, 3.05) is 5.32 Å². The van der Waals surface area contributed by atoms with Crippen molar-refractivity contribution >= 4 is 36.4 Å². The first-order chi connectivity index (χ1) is 11.7. The van der Waals surface area contributed by atoms with E-state index in [0.29, 0.717) is 11.8 Å². The Morgan fingerprint density at radius 3 is 2.77 bits per heavy atom. The van der Waals surface area contributed by atoms with E-state index in [0.717, 1.165) is 36.5 Å². The molecule has 2 fully saturated rings. The van der Waals surface area contributed by atoms with E-state index in [-0.39, 0.29) is 42.7 Å². The second kappa shape index (κ2) is 8.37. The SMILES string of the molecule is CCn1cnnc1-c1cccc(NC(=O)C2C3CCC(C3)C2N)c1.Cl.Cl. The van der Waals surface area contributed by atoms with Crippen LogP contribution in [0, 0.1) is 17.8 Å². The average molecular weight is 398 g/mol. The number of benzene rings is 1. The minimum absolute atomic E-state index is 0. The van der Waals surface area contributed by atoms with Crippen molar-refractivity contribution in [1.29, 1.82) is 0 Å². The first-order valence-electron chi connectivity index (χ1n) is 8.72. The van der Waals surface area contributed by atoms with Gasteiger partial charge in [-0.1, -0.05) is 12.1 Å². The van der Waals surface area contributed by atoms with Crippen LogP contribution >= 0.6 is 24.8 Å². The monoisotopic (exact) mass is 397 g/mol. The summed E-state index contributed by atoms with van der Waals surface area (Å²) in [5, 5.41) is 11.2. The highest BCUT2D eigenvalue weighted by Crippen LogP contribution is 2.47. The lowest BCUT2D eigenvalue weighted by atomic mass is 9.84. The summed E-state index contributed by atoms with van der Waals surface area (Å²) in [6, 6.07) is 7.78. The maximum atomic E-state index is 12.7. The molecule has 142 valence electrons. The highest BCUT2D eigenvalue weighted by atomic mass is 35.5. The summed E-state index contributed by atoms with van der Waals surface area (Å²) in [4.78, 5) is 12.7. The van der Waals surface area contributed by atoms with E-state index < -0.39 is 0 Å². The Morgan fingerprint density at radius 1 is 1.31 bits per heavy atom. The second-order valence-electron chi connectivity index (χ2n) is 6.95. The fraction of sp³-hybridized carbons (Fsp3) is 0.500. The van der Waals surface area contributed by atoms with Crippen LogP contribution in [0.4, 0.5) is 5.69 Å². The average Bonchev–Trinajstić information content (AvgIpc) is 3.30. The van der Waals surface area contributed by atoms with E-state index in [2.05, 4.69) is 22.4 Å². The van der Waals surface area contributed by atoms with Crippen molar-refractivity contribution < 1.29 is 4.79 Å². The molecule has 1 heterocycles. The Labute approximate surface area is 165 Å². The minimum atomic E-state index is -0.0494. The van der Waals surface area contributed by atoms with Gasteiger partial charge in [0.1, 0.15) is 6.33 Å². The topological polar surface area (TPSA) is 85.8 Å². The predicted molar refractivity (Wildman–Crippen MR) is 107 cm³/mol. The van der Waals surface area contributed by atoms with Crippen molar-refractivity contribution in [3.8, 4) is 11.4 Å². The van der Waals surface area contributed by atoms with Crippen LogP contribution in [0.3, 0.4) is 0 Å². The molecule has 4 atom stereocenters. The molecule has 1 aromatic heterocycles. The Balaban J connectivity index is 0.00000121. The van der Waals surface area contributed by atoms with E-state index in [1.54, 1.807) is 6.33 Å². The van der Waals surface area contributed by atoms with Gasteiger partial charge in [-0.05, 0) is 50.2 Å². The Morgan fingerprint density at radius 2 is 2.08 bits per heavy atom. The van der Waals surface area contributed by atoms with E-state index in [4.69, 9.17) is 5.73 Å². The molecule has 0 saturated heterocycles. The van der Waals surface area contributed by atoms with Crippen molar-refractivity contribution in [2.24, 2.45) is 23.5 Å². The quantitative estimate of drug-likeness (QED) is 0.829. The maximum absolute atomic E-state index is 12.7. The molecule has 0 radical (unpaired) electrons. The van der Waals surface area contributed by atoms with Crippen LogP contribution in [0.15, 0.2) is 30.6 Å². The molecule has 1 aromatic carbocycles. The summed E-state index contributed by atoms with van der Waals surface area (Å²) < 4.78 is 1.98. The van der Waals surface area contributed by atoms with Crippen LogP contribution in [-0.4, -0.2) is 26.7 Å². The predicted octanol–water partition coefficient (Wildman–Crippen LogP) is 3.12. The largest absolute Gasteiger partial charge is 0.327 e. The van der Waals surface area contributed by atoms with E-state index in [9.17, 15) is 4.79 Å². The fourth-order valence-corrected chi connectivity index (χ4v) is 4.40. The lowest BCUT2D eigenvalue weighted by Gasteiger charge is -2.27. The first kappa shape index (κ1) is 20.7. The van der Waals surface area contributed by atoms with Crippen molar-refractivity contribution in [2.45, 2.75) is 38.8 Å². The number of fused-ring (bicyclic) bond motifs is 2. The Hall–Kier alpha value is -1.63. The third kappa shape index (κ3) is 3.59. The third-order valence-electron chi connectivity index (χ3n) is 5.63. The number of anilines is 1. The van der Waals surface area contributed by atoms with Crippen molar-refractivity contribution in [1.82, 2.24) is 14.8 Å². The van der Waals surface area contributed by atoms with Crippen LogP contribution in [0.1, 0.15) is 26.2 Å². The molecule has 4 unspecified atom stereocenters. The van der Waals surface area contributed by atoms with Gasteiger partial charge < -0.3 is 15.6 Å². The summed E-state index contributed by atoms with van der Waals surface area (Å²) >= 11 is 0. The van der Waals surface area contributed by atoms with Crippen molar-refractivity contribution in [3.05, 3.63) is 30.6 Å². The van der Waals surface area contributed by atoms with Gasteiger partial charge in [0.15, 0.2) is 5.82 Å². The van der Waals surface area contributed by atoms with Crippen LogP contribution in [-0.2, 0) is 11.3 Å². The van der Waals surface area contributed by atoms with Gasteiger partial charge in [0.2, 0.25) is 5.91 Å². The summed E-state index contributed by atoms with van der Waals surface area (Å²) in [5.41, 5.74) is 8.02. The number of hydrogen-bond acceptors (Lipinski definition) is 4. The zero-order chi connectivity index (χ0) is 16.7. The molecule has 26 heavy (non-hydrogen) atoms. The molecule has 2 aliphatic carbocycles. The molecule has 3 N–H and O–H groups in total. The summed E-state index contributed by atoms with van der Waals surface area (Å²) in [5.74, 6) is 1.80. The van der Waals surface area contributed by atoms with Gasteiger partial charge >= 0.3 is 0 Å². The van der Waals surface area contributed by atoms with Gasteiger partial charge in [-0.3, -0.25) is 4.79 Å². The highest BCUT2D eigenvalue weighted by molar-refractivity contribution is 5.94. The molecule has 2 saturated carbocycles. The number of hydrogen-bond donors (Lipinski definition) is 2. The molecule has 6 nitrogen and oxygen atoms in total. The highest BCUT2D eigenvalue weighted by Gasteiger charge is 2.49.